The molecule has 0 atom stereocenters. The number of halogens is 1. The molecule has 5 nitrogen and oxygen atoms in total. The highest BCUT2D eigenvalue weighted by atomic mass is 35.5. The predicted octanol–water partition coefficient (Wildman–Crippen LogP) is 5.19. The molecule has 0 saturated heterocycles. The molecular weight excluding hydrogens is 376 g/mol. The molecule has 0 spiro atoms. The summed E-state index contributed by atoms with van der Waals surface area (Å²) >= 11 is 9.09. The Balaban J connectivity index is 1.61. The van der Waals surface area contributed by atoms with Gasteiger partial charge >= 0.3 is 0 Å². The van der Waals surface area contributed by atoms with Gasteiger partial charge in [-0.1, -0.05) is 52.9 Å². The first-order valence-corrected chi connectivity index (χ1v) is 9.62. The van der Waals surface area contributed by atoms with Crippen molar-refractivity contribution in [3.05, 3.63) is 59.1 Å². The monoisotopic (exact) mass is 390 g/mol. The molecule has 25 heavy (non-hydrogen) atoms. The summed E-state index contributed by atoms with van der Waals surface area (Å²) in [6.45, 7) is 1.48. The third kappa shape index (κ3) is 5.45. The molecule has 1 amide bonds. The van der Waals surface area contributed by atoms with Crippen molar-refractivity contribution in [2.75, 3.05) is 10.6 Å². The van der Waals surface area contributed by atoms with Gasteiger partial charge in [-0.25, -0.2) is 0 Å². The van der Waals surface area contributed by atoms with Gasteiger partial charge in [0.25, 0.3) is 0 Å². The van der Waals surface area contributed by atoms with E-state index in [2.05, 4.69) is 20.8 Å². The maximum Gasteiger partial charge on any atom is 0.221 e. The summed E-state index contributed by atoms with van der Waals surface area (Å²) in [6, 6.07) is 15.2. The number of thioether (sulfide) groups is 1. The van der Waals surface area contributed by atoms with Gasteiger partial charge < -0.3 is 10.6 Å². The van der Waals surface area contributed by atoms with Gasteiger partial charge in [-0.3, -0.25) is 4.79 Å². The molecule has 0 radical (unpaired) electrons. The molecule has 0 bridgehead atoms. The first-order valence-electron chi connectivity index (χ1n) is 7.44. The molecule has 1 heterocycles. The zero-order valence-electron chi connectivity index (χ0n) is 13.3. The maximum atomic E-state index is 11.1. The largest absolute Gasteiger partial charge is 0.330 e. The highest BCUT2D eigenvalue weighted by molar-refractivity contribution is 8.00. The average molecular weight is 391 g/mol. The Morgan fingerprint density at radius 1 is 1.16 bits per heavy atom. The zero-order valence-corrected chi connectivity index (χ0v) is 15.7. The molecule has 2 N–H and O–H groups in total. The number of nitrogens with one attached hydrogen (secondary N) is 2. The van der Waals surface area contributed by atoms with Gasteiger partial charge in [0, 0.05) is 29.1 Å². The van der Waals surface area contributed by atoms with E-state index in [1.54, 1.807) is 11.8 Å². The minimum absolute atomic E-state index is 0.104. The average Bonchev–Trinajstić information content (AvgIpc) is 3.00. The second kappa shape index (κ2) is 8.33. The van der Waals surface area contributed by atoms with E-state index in [0.29, 0.717) is 5.13 Å². The Bertz CT molecular complexity index is 884. The van der Waals surface area contributed by atoms with Crippen LogP contribution >= 0.6 is 34.7 Å². The molecule has 1 aromatic heterocycles. The third-order valence-electron chi connectivity index (χ3n) is 3.09. The van der Waals surface area contributed by atoms with Crippen LogP contribution in [-0.4, -0.2) is 16.1 Å². The van der Waals surface area contributed by atoms with Crippen molar-refractivity contribution in [3.8, 4) is 0 Å². The van der Waals surface area contributed by atoms with Gasteiger partial charge in [0.2, 0.25) is 11.0 Å². The van der Waals surface area contributed by atoms with Gasteiger partial charge in [-0.05, 0) is 35.9 Å². The van der Waals surface area contributed by atoms with Crippen molar-refractivity contribution >= 4 is 57.1 Å². The number of carbonyl (C=O) groups excluding carboxylic acids is 1. The Morgan fingerprint density at radius 3 is 2.76 bits per heavy atom. The molecule has 0 aliphatic heterocycles. The van der Waals surface area contributed by atoms with Crippen molar-refractivity contribution in [2.24, 2.45) is 0 Å². The zero-order chi connectivity index (χ0) is 17.6. The summed E-state index contributed by atoms with van der Waals surface area (Å²) in [4.78, 5) is 11.1. The Kier molecular flexibility index (Phi) is 5.91. The van der Waals surface area contributed by atoms with Crippen LogP contribution in [0.5, 0.6) is 0 Å². The predicted molar refractivity (Wildman–Crippen MR) is 105 cm³/mol. The Labute approximate surface area is 158 Å². The number of anilines is 3. The van der Waals surface area contributed by atoms with E-state index in [0.717, 1.165) is 32.1 Å². The number of carbonyl (C=O) groups is 1. The van der Waals surface area contributed by atoms with Crippen LogP contribution < -0.4 is 10.6 Å². The van der Waals surface area contributed by atoms with Gasteiger partial charge in [-0.2, -0.15) is 0 Å². The number of hydrogen-bond donors (Lipinski definition) is 2. The molecule has 0 unspecified atom stereocenters. The van der Waals surface area contributed by atoms with Crippen LogP contribution in [0, 0.1) is 0 Å². The topological polar surface area (TPSA) is 66.9 Å². The molecule has 128 valence electrons. The summed E-state index contributed by atoms with van der Waals surface area (Å²) in [7, 11) is 0. The van der Waals surface area contributed by atoms with Crippen LogP contribution in [0.15, 0.2) is 52.9 Å². The smallest absolute Gasteiger partial charge is 0.221 e. The van der Waals surface area contributed by atoms with E-state index in [4.69, 9.17) is 11.6 Å². The van der Waals surface area contributed by atoms with Crippen molar-refractivity contribution < 1.29 is 4.79 Å². The number of rotatable bonds is 6. The van der Waals surface area contributed by atoms with Gasteiger partial charge in [0.1, 0.15) is 0 Å². The lowest BCUT2D eigenvalue weighted by atomic mass is 10.2. The Morgan fingerprint density at radius 2 is 1.96 bits per heavy atom. The molecule has 2 aromatic carbocycles. The Hall–Kier alpha value is -2.09. The van der Waals surface area contributed by atoms with Crippen LogP contribution in [0.3, 0.4) is 0 Å². The van der Waals surface area contributed by atoms with Crippen LogP contribution in [0.25, 0.3) is 0 Å². The third-order valence-corrected chi connectivity index (χ3v) is 5.37. The number of amides is 1. The molecule has 3 aromatic rings. The van der Waals surface area contributed by atoms with E-state index in [-0.39, 0.29) is 5.91 Å². The van der Waals surface area contributed by atoms with Gasteiger partial charge in [0.05, 0.1) is 0 Å². The van der Waals surface area contributed by atoms with Crippen molar-refractivity contribution in [1.29, 1.82) is 0 Å². The van der Waals surface area contributed by atoms with Crippen molar-refractivity contribution in [1.82, 2.24) is 10.2 Å². The minimum Gasteiger partial charge on any atom is -0.330 e. The van der Waals surface area contributed by atoms with Gasteiger partial charge in [-0.15, -0.1) is 10.2 Å². The maximum absolute atomic E-state index is 11.1. The number of aromatic nitrogens is 2. The first-order chi connectivity index (χ1) is 12.1. The van der Waals surface area contributed by atoms with Crippen LogP contribution in [0.4, 0.5) is 16.5 Å². The lowest BCUT2D eigenvalue weighted by molar-refractivity contribution is -0.114. The SMILES string of the molecule is CC(=O)Nc1cccc(Nc2nnc(SCc3cccc(Cl)c3)s2)c1. The van der Waals surface area contributed by atoms with Gasteiger partial charge in [0.15, 0.2) is 4.34 Å². The fourth-order valence-corrected chi connectivity index (χ4v) is 4.02. The summed E-state index contributed by atoms with van der Waals surface area (Å²) in [5.74, 6) is 0.681. The molecule has 0 aliphatic carbocycles. The molecule has 8 heteroatoms. The second-order valence-electron chi connectivity index (χ2n) is 5.18. The highest BCUT2D eigenvalue weighted by Crippen LogP contribution is 2.30. The number of hydrogen-bond acceptors (Lipinski definition) is 6. The summed E-state index contributed by atoms with van der Waals surface area (Å²) in [5.41, 5.74) is 2.72. The van der Waals surface area contributed by atoms with Crippen LogP contribution in [-0.2, 0) is 10.5 Å². The standard InChI is InChI=1S/C17H15ClN4OS2/c1-11(23)19-14-6-3-7-15(9-14)20-16-21-22-17(25-16)24-10-12-4-2-5-13(18)8-12/h2-9H,10H2,1H3,(H,19,23)(H,20,21). The molecular formula is C17H15ClN4OS2. The normalized spacial score (nSPS) is 10.5. The van der Waals surface area contributed by atoms with E-state index >= 15 is 0 Å². The second-order valence-corrected chi connectivity index (χ2v) is 7.82. The number of benzene rings is 2. The fourth-order valence-electron chi connectivity index (χ4n) is 2.09. The van der Waals surface area contributed by atoms with Crippen molar-refractivity contribution in [2.45, 2.75) is 17.0 Å². The van der Waals surface area contributed by atoms with E-state index in [9.17, 15) is 4.79 Å². The first kappa shape index (κ1) is 17.7. The lowest BCUT2D eigenvalue weighted by Crippen LogP contribution is -2.05. The summed E-state index contributed by atoms with van der Waals surface area (Å²) in [5, 5.41) is 15.7. The summed E-state index contributed by atoms with van der Waals surface area (Å²) in [6.07, 6.45) is 0. The summed E-state index contributed by atoms with van der Waals surface area (Å²) < 4.78 is 0.875. The van der Waals surface area contributed by atoms with Crippen molar-refractivity contribution in [3.63, 3.8) is 0 Å². The highest BCUT2D eigenvalue weighted by Gasteiger charge is 2.06. The molecule has 3 rings (SSSR count). The van der Waals surface area contributed by atoms with E-state index in [1.807, 2.05) is 48.5 Å². The fraction of sp³-hybridized carbons (Fsp3) is 0.118. The quantitative estimate of drug-likeness (QED) is 0.567. The van der Waals surface area contributed by atoms with Crippen LogP contribution in [0.2, 0.25) is 5.02 Å². The van der Waals surface area contributed by atoms with Crippen LogP contribution in [0.1, 0.15) is 12.5 Å². The molecule has 0 fully saturated rings. The lowest BCUT2D eigenvalue weighted by Gasteiger charge is -2.05. The van der Waals surface area contributed by atoms with E-state index in [1.165, 1.54) is 18.3 Å². The van der Waals surface area contributed by atoms with E-state index < -0.39 is 0 Å². The molecule has 0 aliphatic rings. The molecule has 0 saturated carbocycles. The number of nitrogens with zero attached hydrogens (tertiary/aromatic N) is 2. The minimum atomic E-state index is -0.104.